The van der Waals surface area contributed by atoms with E-state index < -0.39 is 5.97 Å². The van der Waals surface area contributed by atoms with Crippen molar-refractivity contribution in [2.24, 2.45) is 0 Å². The number of esters is 1. The topological polar surface area (TPSA) is 70.1 Å². The number of aromatic nitrogens is 2. The zero-order valence-corrected chi connectivity index (χ0v) is 12.0. The van der Waals surface area contributed by atoms with Crippen molar-refractivity contribution in [3.8, 4) is 0 Å². The number of rotatable bonds is 4. The molecule has 5 nitrogen and oxygen atoms in total. The van der Waals surface area contributed by atoms with E-state index in [2.05, 4.69) is 10.4 Å². The number of imidazole rings is 1. The lowest BCUT2D eigenvalue weighted by Gasteiger charge is -2.15. The molecule has 0 radical (unpaired) electrons. The number of hydrogen-bond donors (Lipinski definition) is 1. The maximum absolute atomic E-state index is 11.8. The number of anilines is 1. The predicted molar refractivity (Wildman–Crippen MR) is 75.5 cm³/mol. The zero-order valence-electron chi connectivity index (χ0n) is 11.2. The van der Waals surface area contributed by atoms with Crippen molar-refractivity contribution in [1.29, 1.82) is 0 Å². The van der Waals surface area contributed by atoms with E-state index >= 15 is 0 Å². The molecule has 1 unspecified atom stereocenters. The molecule has 0 aliphatic heterocycles. The molecule has 0 fully saturated rings. The summed E-state index contributed by atoms with van der Waals surface area (Å²) in [6.45, 7) is 5.93. The van der Waals surface area contributed by atoms with Crippen LogP contribution in [0.4, 0.5) is 5.82 Å². The molecule has 19 heavy (non-hydrogen) atoms. The number of aryl methyl sites for hydroxylation is 1. The molecule has 2 aromatic heterocycles. The van der Waals surface area contributed by atoms with Crippen LogP contribution in [0.1, 0.15) is 41.8 Å². The third kappa shape index (κ3) is 2.49. The van der Waals surface area contributed by atoms with E-state index in [1.54, 1.807) is 18.3 Å². The van der Waals surface area contributed by atoms with E-state index in [0.29, 0.717) is 18.2 Å². The summed E-state index contributed by atoms with van der Waals surface area (Å²) >= 11 is 1.63. The van der Waals surface area contributed by atoms with Crippen LogP contribution in [0, 0.1) is 6.92 Å². The van der Waals surface area contributed by atoms with Gasteiger partial charge in [-0.05, 0) is 43.2 Å². The van der Waals surface area contributed by atoms with Gasteiger partial charge in [0.2, 0.25) is 0 Å². The van der Waals surface area contributed by atoms with E-state index in [1.165, 1.54) is 0 Å². The van der Waals surface area contributed by atoms with Crippen molar-refractivity contribution in [3.63, 3.8) is 0 Å². The second kappa shape index (κ2) is 5.44. The molecule has 2 rings (SSSR count). The highest BCUT2D eigenvalue weighted by Crippen LogP contribution is 2.27. The molecule has 0 spiro atoms. The van der Waals surface area contributed by atoms with E-state index in [9.17, 15) is 4.79 Å². The van der Waals surface area contributed by atoms with Crippen LogP contribution >= 0.6 is 11.3 Å². The fourth-order valence-electron chi connectivity index (χ4n) is 2.06. The average Bonchev–Trinajstić information content (AvgIpc) is 2.97. The minimum Gasteiger partial charge on any atom is -0.461 e. The van der Waals surface area contributed by atoms with Gasteiger partial charge in [0.25, 0.3) is 0 Å². The number of carbonyl (C=O) groups is 1. The highest BCUT2D eigenvalue weighted by atomic mass is 32.1. The Hall–Kier alpha value is -1.82. The Balaban J connectivity index is 2.39. The summed E-state index contributed by atoms with van der Waals surface area (Å²) in [5.41, 5.74) is 7.39. The molecule has 1 atom stereocenters. The summed E-state index contributed by atoms with van der Waals surface area (Å²) in [5.74, 6) is 0.591. The summed E-state index contributed by atoms with van der Waals surface area (Å²) in [6, 6.07) is 2.08. The van der Waals surface area contributed by atoms with Crippen LogP contribution in [-0.4, -0.2) is 22.1 Å². The van der Waals surface area contributed by atoms with E-state index in [-0.39, 0.29) is 11.7 Å². The SMILES string of the molecule is CCOC(=O)c1nc(C)n(C(C)c2ccsc2)c1N. The Kier molecular flexibility index (Phi) is 3.90. The van der Waals surface area contributed by atoms with Crippen molar-refractivity contribution in [2.45, 2.75) is 26.8 Å². The van der Waals surface area contributed by atoms with Gasteiger partial charge in [0.1, 0.15) is 11.6 Å². The van der Waals surface area contributed by atoms with Crippen molar-refractivity contribution in [3.05, 3.63) is 33.9 Å². The molecule has 6 heteroatoms. The first-order valence-corrected chi connectivity index (χ1v) is 7.04. The molecule has 0 amide bonds. The Morgan fingerprint density at radius 2 is 2.37 bits per heavy atom. The summed E-state index contributed by atoms with van der Waals surface area (Å²) in [4.78, 5) is 16.0. The third-order valence-electron chi connectivity index (χ3n) is 3.01. The van der Waals surface area contributed by atoms with Crippen molar-refractivity contribution < 1.29 is 9.53 Å². The van der Waals surface area contributed by atoms with Crippen molar-refractivity contribution >= 4 is 23.1 Å². The van der Waals surface area contributed by atoms with E-state index in [1.807, 2.05) is 29.9 Å². The van der Waals surface area contributed by atoms with Gasteiger partial charge in [-0.25, -0.2) is 9.78 Å². The van der Waals surface area contributed by atoms with Gasteiger partial charge in [0.05, 0.1) is 12.6 Å². The van der Waals surface area contributed by atoms with Gasteiger partial charge in [0.15, 0.2) is 5.69 Å². The van der Waals surface area contributed by atoms with Gasteiger partial charge in [-0.3, -0.25) is 0 Å². The molecule has 2 aromatic rings. The Labute approximate surface area is 116 Å². The zero-order chi connectivity index (χ0) is 14.0. The van der Waals surface area contributed by atoms with E-state index in [4.69, 9.17) is 10.5 Å². The molecule has 0 bridgehead atoms. The summed E-state index contributed by atoms with van der Waals surface area (Å²) in [7, 11) is 0. The van der Waals surface area contributed by atoms with Crippen LogP contribution in [0.2, 0.25) is 0 Å². The first-order valence-electron chi connectivity index (χ1n) is 6.09. The minimum absolute atomic E-state index is 0.0435. The quantitative estimate of drug-likeness (QED) is 0.873. The van der Waals surface area contributed by atoms with Crippen LogP contribution in [0.25, 0.3) is 0 Å². The van der Waals surface area contributed by atoms with Crippen LogP contribution in [0.3, 0.4) is 0 Å². The predicted octanol–water partition coefficient (Wildman–Crippen LogP) is 2.62. The van der Waals surface area contributed by atoms with Gasteiger partial charge in [0, 0.05) is 0 Å². The molecule has 0 aliphatic carbocycles. The van der Waals surface area contributed by atoms with E-state index in [0.717, 1.165) is 5.56 Å². The smallest absolute Gasteiger partial charge is 0.360 e. The summed E-state index contributed by atoms with van der Waals surface area (Å²) in [5, 5.41) is 4.08. The first-order chi connectivity index (χ1) is 9.06. The lowest BCUT2D eigenvalue weighted by Crippen LogP contribution is -2.13. The average molecular weight is 279 g/mol. The van der Waals surface area contributed by atoms with Gasteiger partial charge in [-0.2, -0.15) is 11.3 Å². The number of nitrogens with zero attached hydrogens (tertiary/aromatic N) is 2. The Morgan fingerprint density at radius 3 is 2.95 bits per heavy atom. The largest absolute Gasteiger partial charge is 0.461 e. The summed E-state index contributed by atoms with van der Waals surface area (Å²) < 4.78 is 6.81. The molecule has 0 aromatic carbocycles. The highest BCUT2D eigenvalue weighted by Gasteiger charge is 2.23. The summed E-state index contributed by atoms with van der Waals surface area (Å²) in [6.07, 6.45) is 0. The highest BCUT2D eigenvalue weighted by molar-refractivity contribution is 7.07. The van der Waals surface area contributed by atoms with Crippen LogP contribution in [0.15, 0.2) is 16.8 Å². The number of ether oxygens (including phenoxy) is 1. The maximum atomic E-state index is 11.8. The Morgan fingerprint density at radius 1 is 1.63 bits per heavy atom. The second-order valence-electron chi connectivity index (χ2n) is 4.22. The van der Waals surface area contributed by atoms with Gasteiger partial charge in [-0.1, -0.05) is 0 Å². The lowest BCUT2D eigenvalue weighted by molar-refractivity contribution is 0.0521. The molecule has 0 saturated carbocycles. The minimum atomic E-state index is -0.473. The molecule has 2 heterocycles. The van der Waals surface area contributed by atoms with Gasteiger partial charge < -0.3 is 15.0 Å². The molecule has 0 aliphatic rings. The molecule has 102 valence electrons. The number of nitrogens with two attached hydrogens (primary N) is 1. The fraction of sp³-hybridized carbons (Fsp3) is 0.385. The number of thiophene rings is 1. The number of hydrogen-bond acceptors (Lipinski definition) is 5. The van der Waals surface area contributed by atoms with Gasteiger partial charge >= 0.3 is 5.97 Å². The molecule has 0 saturated heterocycles. The fourth-order valence-corrected chi connectivity index (χ4v) is 2.81. The van der Waals surface area contributed by atoms with Crippen molar-refractivity contribution in [2.75, 3.05) is 12.3 Å². The van der Waals surface area contributed by atoms with Gasteiger partial charge in [-0.15, -0.1) is 0 Å². The van der Waals surface area contributed by atoms with Crippen LogP contribution in [0.5, 0.6) is 0 Å². The van der Waals surface area contributed by atoms with Crippen molar-refractivity contribution in [1.82, 2.24) is 9.55 Å². The Bertz CT molecular complexity index is 575. The number of nitrogen functional groups attached to an aromatic ring is 1. The normalized spacial score (nSPS) is 12.4. The molecular weight excluding hydrogens is 262 g/mol. The first kappa shape index (κ1) is 13.6. The monoisotopic (exact) mass is 279 g/mol. The van der Waals surface area contributed by atoms with Crippen LogP contribution in [-0.2, 0) is 4.74 Å². The number of carbonyl (C=O) groups excluding carboxylic acids is 1. The third-order valence-corrected chi connectivity index (χ3v) is 3.71. The maximum Gasteiger partial charge on any atom is 0.360 e. The standard InChI is InChI=1S/C13H17N3O2S/c1-4-18-13(17)11-12(14)16(9(3)15-11)8(2)10-5-6-19-7-10/h5-8H,4,14H2,1-3H3. The second-order valence-corrected chi connectivity index (χ2v) is 5.00. The molecular formula is C13H17N3O2S. The van der Waals surface area contributed by atoms with Crippen LogP contribution < -0.4 is 5.73 Å². The lowest BCUT2D eigenvalue weighted by atomic mass is 10.2. The molecule has 2 N–H and O–H groups in total.